The number of hydrogen-bond donors (Lipinski definition) is 2. The Morgan fingerprint density at radius 3 is 3.00 bits per heavy atom. The summed E-state index contributed by atoms with van der Waals surface area (Å²) < 4.78 is 1.93. The molecule has 0 saturated carbocycles. The van der Waals surface area contributed by atoms with Crippen LogP contribution in [0.3, 0.4) is 0 Å². The highest BCUT2D eigenvalue weighted by atomic mass is 16.1. The van der Waals surface area contributed by atoms with Crippen molar-refractivity contribution in [3.05, 3.63) is 18.0 Å². The van der Waals surface area contributed by atoms with Gasteiger partial charge in [-0.3, -0.25) is 4.79 Å². The van der Waals surface area contributed by atoms with Crippen LogP contribution in [-0.2, 0) is 6.54 Å². The van der Waals surface area contributed by atoms with Crippen LogP contribution >= 0.6 is 0 Å². The fraction of sp³-hybridized carbons (Fsp3) is 0.643. The molecule has 1 atom stereocenters. The molecule has 1 aromatic rings. The number of likely N-dealkylation sites (tertiary alicyclic amines) is 1. The number of anilines is 1. The van der Waals surface area contributed by atoms with Gasteiger partial charge in [-0.1, -0.05) is 6.92 Å². The first-order valence-corrected chi connectivity index (χ1v) is 7.06. The third kappa shape index (κ3) is 3.29. The molecule has 0 aliphatic carbocycles. The van der Waals surface area contributed by atoms with Crippen LogP contribution < -0.4 is 11.1 Å². The van der Waals surface area contributed by atoms with E-state index in [1.807, 2.05) is 10.8 Å². The normalized spacial score (nSPS) is 19.8. The number of nitrogens with zero attached hydrogens (tertiary/aromatic N) is 2. The number of rotatable bonds is 5. The van der Waals surface area contributed by atoms with Gasteiger partial charge in [0.25, 0.3) is 5.91 Å². The smallest absolute Gasteiger partial charge is 0.268 e. The van der Waals surface area contributed by atoms with Gasteiger partial charge in [-0.25, -0.2) is 0 Å². The van der Waals surface area contributed by atoms with Gasteiger partial charge in [0.15, 0.2) is 0 Å². The van der Waals surface area contributed by atoms with Crippen molar-refractivity contribution in [3.8, 4) is 0 Å². The molecule has 2 rings (SSSR count). The van der Waals surface area contributed by atoms with Gasteiger partial charge in [0, 0.05) is 25.3 Å². The van der Waals surface area contributed by atoms with Gasteiger partial charge in [0.2, 0.25) is 0 Å². The summed E-state index contributed by atoms with van der Waals surface area (Å²) in [5.74, 6) is -0.0227. The third-order valence-corrected chi connectivity index (χ3v) is 3.78. The maximum absolute atomic E-state index is 12.2. The van der Waals surface area contributed by atoms with Crippen molar-refractivity contribution < 1.29 is 4.79 Å². The summed E-state index contributed by atoms with van der Waals surface area (Å²) in [6.07, 6.45) is 5.20. The molecule has 0 bridgehead atoms. The minimum atomic E-state index is -0.0227. The number of likely N-dealkylation sites (N-methyl/N-ethyl adjacent to an activating group) is 1. The lowest BCUT2D eigenvalue weighted by Crippen LogP contribution is -2.38. The summed E-state index contributed by atoms with van der Waals surface area (Å²) in [6.45, 7) is 4.75. The Morgan fingerprint density at radius 2 is 2.37 bits per heavy atom. The zero-order valence-electron chi connectivity index (χ0n) is 11.9. The Morgan fingerprint density at radius 1 is 1.58 bits per heavy atom. The van der Waals surface area contributed by atoms with Crippen LogP contribution in [0.1, 0.15) is 36.7 Å². The lowest BCUT2D eigenvalue weighted by Gasteiger charge is -2.19. The molecule has 1 unspecified atom stereocenters. The quantitative estimate of drug-likeness (QED) is 0.842. The number of hydrogen-bond acceptors (Lipinski definition) is 3. The third-order valence-electron chi connectivity index (χ3n) is 3.78. The second kappa shape index (κ2) is 6.10. The maximum atomic E-state index is 12.2. The molecule has 1 fully saturated rings. The van der Waals surface area contributed by atoms with E-state index in [9.17, 15) is 4.79 Å². The van der Waals surface area contributed by atoms with Gasteiger partial charge in [-0.2, -0.15) is 0 Å². The van der Waals surface area contributed by atoms with Crippen molar-refractivity contribution in [2.45, 2.75) is 38.8 Å². The van der Waals surface area contributed by atoms with Crippen LogP contribution in [0.2, 0.25) is 0 Å². The zero-order chi connectivity index (χ0) is 13.8. The van der Waals surface area contributed by atoms with E-state index in [-0.39, 0.29) is 5.91 Å². The van der Waals surface area contributed by atoms with Crippen LogP contribution in [0.5, 0.6) is 0 Å². The van der Waals surface area contributed by atoms with Gasteiger partial charge in [0.1, 0.15) is 5.69 Å². The molecular weight excluding hydrogens is 240 g/mol. The maximum Gasteiger partial charge on any atom is 0.268 e. The summed E-state index contributed by atoms with van der Waals surface area (Å²) in [6, 6.07) is 2.22. The SMILES string of the molecule is CCCn1cc(N)cc1C(=O)NCC1CCCN1C. The molecule has 19 heavy (non-hydrogen) atoms. The van der Waals surface area contributed by atoms with Crippen molar-refractivity contribution in [3.63, 3.8) is 0 Å². The Balaban J connectivity index is 1.95. The number of aromatic nitrogens is 1. The highest BCUT2D eigenvalue weighted by Gasteiger charge is 2.22. The van der Waals surface area contributed by atoms with Crippen LogP contribution in [0.15, 0.2) is 12.3 Å². The average Bonchev–Trinajstić information content (AvgIpc) is 2.93. The predicted octanol–water partition coefficient (Wildman–Crippen LogP) is 1.30. The highest BCUT2D eigenvalue weighted by molar-refractivity contribution is 5.93. The molecule has 3 N–H and O–H groups in total. The molecule has 5 nitrogen and oxygen atoms in total. The van der Waals surface area contributed by atoms with Gasteiger partial charge in [0.05, 0.1) is 5.69 Å². The van der Waals surface area contributed by atoms with Crippen molar-refractivity contribution in [2.24, 2.45) is 0 Å². The van der Waals surface area contributed by atoms with E-state index in [1.54, 1.807) is 6.07 Å². The van der Waals surface area contributed by atoms with Crippen molar-refractivity contribution in [1.29, 1.82) is 0 Å². The Kier molecular flexibility index (Phi) is 4.47. The Labute approximate surface area is 114 Å². The van der Waals surface area contributed by atoms with Crippen LogP contribution in [-0.4, -0.2) is 41.6 Å². The minimum Gasteiger partial charge on any atom is -0.397 e. The van der Waals surface area contributed by atoms with Crippen molar-refractivity contribution in [1.82, 2.24) is 14.8 Å². The monoisotopic (exact) mass is 264 g/mol. The van der Waals surface area contributed by atoms with E-state index in [0.717, 1.165) is 25.9 Å². The molecule has 0 radical (unpaired) electrons. The molecule has 0 spiro atoms. The Bertz CT molecular complexity index is 441. The lowest BCUT2D eigenvalue weighted by atomic mass is 10.2. The van der Waals surface area contributed by atoms with Crippen LogP contribution in [0.25, 0.3) is 0 Å². The highest BCUT2D eigenvalue weighted by Crippen LogP contribution is 2.15. The fourth-order valence-corrected chi connectivity index (χ4v) is 2.69. The number of nitrogens with one attached hydrogen (secondary N) is 1. The molecule has 1 saturated heterocycles. The van der Waals surface area contributed by atoms with Crippen LogP contribution in [0.4, 0.5) is 5.69 Å². The second-order valence-electron chi connectivity index (χ2n) is 5.34. The molecule has 1 amide bonds. The van der Waals surface area contributed by atoms with Gasteiger partial charge in [-0.15, -0.1) is 0 Å². The zero-order valence-corrected chi connectivity index (χ0v) is 11.9. The topological polar surface area (TPSA) is 63.3 Å². The fourth-order valence-electron chi connectivity index (χ4n) is 2.69. The number of amides is 1. The predicted molar refractivity (Wildman–Crippen MR) is 77.1 cm³/mol. The van der Waals surface area contributed by atoms with Gasteiger partial charge < -0.3 is 20.5 Å². The number of carbonyl (C=O) groups excluding carboxylic acids is 1. The van der Waals surface area contributed by atoms with Crippen molar-refractivity contribution >= 4 is 11.6 Å². The number of nitrogen functional groups attached to an aromatic ring is 1. The first kappa shape index (κ1) is 13.9. The van der Waals surface area contributed by atoms with E-state index in [0.29, 0.717) is 24.0 Å². The van der Waals surface area contributed by atoms with Crippen molar-refractivity contribution in [2.75, 3.05) is 25.9 Å². The summed E-state index contributed by atoms with van der Waals surface area (Å²) in [4.78, 5) is 14.5. The minimum absolute atomic E-state index is 0.0227. The first-order chi connectivity index (χ1) is 9.11. The number of aryl methyl sites for hydroxylation is 1. The second-order valence-corrected chi connectivity index (χ2v) is 5.34. The molecule has 0 aromatic carbocycles. The Hall–Kier alpha value is -1.49. The average molecular weight is 264 g/mol. The lowest BCUT2D eigenvalue weighted by molar-refractivity contribution is 0.0934. The molecule has 1 aliphatic rings. The molecule has 106 valence electrons. The molecule has 1 aromatic heterocycles. The van der Waals surface area contributed by atoms with Gasteiger partial charge >= 0.3 is 0 Å². The summed E-state index contributed by atoms with van der Waals surface area (Å²) in [5.41, 5.74) is 7.10. The number of nitrogens with two attached hydrogens (primary N) is 1. The molecular formula is C14H24N4O. The first-order valence-electron chi connectivity index (χ1n) is 7.06. The largest absolute Gasteiger partial charge is 0.397 e. The molecule has 1 aliphatic heterocycles. The van der Waals surface area contributed by atoms with E-state index < -0.39 is 0 Å². The van der Waals surface area contributed by atoms with E-state index in [2.05, 4.69) is 24.2 Å². The number of carbonyl (C=O) groups is 1. The summed E-state index contributed by atoms with van der Waals surface area (Å²) in [5, 5.41) is 3.03. The van der Waals surface area contributed by atoms with E-state index in [4.69, 9.17) is 5.73 Å². The molecule has 2 heterocycles. The standard InChI is InChI=1S/C14H24N4O/c1-3-6-18-10-11(15)8-13(18)14(19)16-9-12-5-4-7-17(12)2/h8,10,12H,3-7,9,15H2,1-2H3,(H,16,19). The molecule has 5 heteroatoms. The van der Waals surface area contributed by atoms with E-state index >= 15 is 0 Å². The summed E-state index contributed by atoms with van der Waals surface area (Å²) >= 11 is 0. The van der Waals surface area contributed by atoms with Crippen LogP contribution in [0, 0.1) is 0 Å². The van der Waals surface area contributed by atoms with Gasteiger partial charge in [-0.05, 0) is 38.9 Å². The summed E-state index contributed by atoms with van der Waals surface area (Å²) in [7, 11) is 2.11. The van der Waals surface area contributed by atoms with E-state index in [1.165, 1.54) is 6.42 Å².